The van der Waals surface area contributed by atoms with E-state index >= 15 is 0 Å². The van der Waals surface area contributed by atoms with Crippen molar-refractivity contribution in [2.75, 3.05) is 0 Å². The second-order valence-corrected chi connectivity index (χ2v) is 8.86. The summed E-state index contributed by atoms with van der Waals surface area (Å²) in [7, 11) is 0. The molecule has 176 valence electrons. The number of nitrogens with zero attached hydrogens (tertiary/aromatic N) is 5. The van der Waals surface area contributed by atoms with Crippen molar-refractivity contribution in [3.63, 3.8) is 0 Å². The van der Waals surface area contributed by atoms with Gasteiger partial charge in [-0.2, -0.15) is 0 Å². The summed E-state index contributed by atoms with van der Waals surface area (Å²) < 4.78 is 11.9. The van der Waals surface area contributed by atoms with Gasteiger partial charge in [-0.1, -0.05) is 18.2 Å². The standard InChI is InChI=1S/C30H19N5O2/c1-18-6-7-28-26(8-18)35-30(37-28)24-11-22(15-33-17-24)20-9-19(12-31-13-20)21-10-23(16-32-14-21)29-34-25-4-2-3-5-27(25)36-29/h2-17H,1H3. The van der Waals surface area contributed by atoms with Crippen LogP contribution < -0.4 is 0 Å². The molecule has 0 amide bonds. The Morgan fingerprint density at radius 2 is 0.973 bits per heavy atom. The number of hydrogen-bond acceptors (Lipinski definition) is 7. The molecule has 0 spiro atoms. The zero-order chi connectivity index (χ0) is 24.8. The lowest BCUT2D eigenvalue weighted by atomic mass is 10.0. The molecule has 0 N–H and O–H groups in total. The number of hydrogen-bond donors (Lipinski definition) is 0. The first-order valence-electron chi connectivity index (χ1n) is 11.8. The zero-order valence-corrected chi connectivity index (χ0v) is 19.8. The Labute approximate surface area is 211 Å². The van der Waals surface area contributed by atoms with Crippen molar-refractivity contribution in [2.45, 2.75) is 6.92 Å². The van der Waals surface area contributed by atoms with Gasteiger partial charge in [-0.25, -0.2) is 9.97 Å². The van der Waals surface area contributed by atoms with Crippen LogP contribution in [-0.4, -0.2) is 24.9 Å². The van der Waals surface area contributed by atoms with Crippen LogP contribution in [0.3, 0.4) is 0 Å². The first kappa shape index (κ1) is 21.1. The van der Waals surface area contributed by atoms with Crippen molar-refractivity contribution in [2.24, 2.45) is 0 Å². The number of rotatable bonds is 4. The van der Waals surface area contributed by atoms with E-state index in [9.17, 15) is 0 Å². The highest BCUT2D eigenvalue weighted by Gasteiger charge is 2.13. The molecule has 0 aliphatic carbocycles. The average Bonchev–Trinajstić information content (AvgIpc) is 3.58. The van der Waals surface area contributed by atoms with Gasteiger partial charge in [0, 0.05) is 59.4 Å². The molecule has 7 rings (SSSR count). The van der Waals surface area contributed by atoms with Crippen LogP contribution in [0.15, 0.2) is 107 Å². The number of para-hydroxylation sites is 2. The fourth-order valence-corrected chi connectivity index (χ4v) is 4.34. The molecule has 0 saturated heterocycles. The molecule has 0 unspecified atom stereocenters. The first-order chi connectivity index (χ1) is 18.2. The van der Waals surface area contributed by atoms with E-state index in [1.165, 1.54) is 0 Å². The van der Waals surface area contributed by atoms with Gasteiger partial charge in [0.1, 0.15) is 11.0 Å². The molecule has 0 radical (unpaired) electrons. The molecule has 0 bridgehead atoms. The summed E-state index contributed by atoms with van der Waals surface area (Å²) in [6.45, 7) is 2.04. The summed E-state index contributed by atoms with van der Waals surface area (Å²) >= 11 is 0. The van der Waals surface area contributed by atoms with Crippen LogP contribution in [0.5, 0.6) is 0 Å². The number of pyridine rings is 3. The van der Waals surface area contributed by atoms with Crippen LogP contribution >= 0.6 is 0 Å². The van der Waals surface area contributed by atoms with E-state index in [1.54, 1.807) is 12.4 Å². The van der Waals surface area contributed by atoms with Gasteiger partial charge in [0.2, 0.25) is 11.8 Å². The molecule has 37 heavy (non-hydrogen) atoms. The Balaban J connectivity index is 1.24. The summed E-state index contributed by atoms with van der Waals surface area (Å²) in [5.41, 5.74) is 9.54. The molecule has 0 saturated carbocycles. The number of fused-ring (bicyclic) bond motifs is 2. The van der Waals surface area contributed by atoms with Gasteiger partial charge in [-0.3, -0.25) is 15.0 Å². The lowest BCUT2D eigenvalue weighted by molar-refractivity contribution is 0.619. The molecule has 7 aromatic rings. The third-order valence-electron chi connectivity index (χ3n) is 6.21. The maximum atomic E-state index is 5.98. The maximum absolute atomic E-state index is 5.98. The third kappa shape index (κ3) is 3.92. The fraction of sp³-hybridized carbons (Fsp3) is 0.0333. The predicted octanol–water partition coefficient (Wildman–Crippen LogP) is 7.13. The Kier molecular flexibility index (Phi) is 4.85. The van der Waals surface area contributed by atoms with Crippen molar-refractivity contribution in [3.05, 3.63) is 103 Å². The molecule has 0 aliphatic heterocycles. The minimum atomic E-state index is 0.532. The van der Waals surface area contributed by atoms with Crippen LogP contribution in [0.4, 0.5) is 0 Å². The quantitative estimate of drug-likeness (QED) is 0.264. The van der Waals surface area contributed by atoms with Crippen molar-refractivity contribution in [3.8, 4) is 45.2 Å². The summed E-state index contributed by atoms with van der Waals surface area (Å²) in [6, 6.07) is 19.7. The van der Waals surface area contributed by atoms with Gasteiger partial charge in [-0.15, -0.1) is 0 Å². The van der Waals surface area contributed by atoms with Crippen LogP contribution in [0, 0.1) is 6.92 Å². The molecule has 7 heteroatoms. The third-order valence-corrected chi connectivity index (χ3v) is 6.21. The maximum Gasteiger partial charge on any atom is 0.228 e. The lowest BCUT2D eigenvalue weighted by Crippen LogP contribution is -1.88. The lowest BCUT2D eigenvalue weighted by Gasteiger charge is -2.07. The summed E-state index contributed by atoms with van der Waals surface area (Å²) in [5, 5.41) is 0. The first-order valence-corrected chi connectivity index (χ1v) is 11.8. The van der Waals surface area contributed by atoms with Crippen LogP contribution in [-0.2, 0) is 0 Å². The summed E-state index contributed by atoms with van der Waals surface area (Å²) in [4.78, 5) is 22.6. The van der Waals surface area contributed by atoms with Crippen molar-refractivity contribution >= 4 is 22.2 Å². The normalized spacial score (nSPS) is 11.4. The molecular formula is C30H19N5O2. The van der Waals surface area contributed by atoms with Crippen molar-refractivity contribution < 1.29 is 8.83 Å². The minimum absolute atomic E-state index is 0.532. The van der Waals surface area contributed by atoms with Gasteiger partial charge in [0.25, 0.3) is 0 Å². The number of aromatic nitrogens is 5. The highest BCUT2D eigenvalue weighted by atomic mass is 16.4. The largest absolute Gasteiger partial charge is 0.436 e. The second-order valence-electron chi connectivity index (χ2n) is 8.86. The van der Waals surface area contributed by atoms with Crippen LogP contribution in [0.25, 0.3) is 67.4 Å². The Morgan fingerprint density at radius 3 is 1.57 bits per heavy atom. The molecule has 5 aromatic heterocycles. The SMILES string of the molecule is Cc1ccc2oc(-c3cncc(-c4cncc(-c5cncc(-c6nc7ccccc7o6)c5)c4)c3)nc2c1. The van der Waals surface area contributed by atoms with Crippen LogP contribution in [0.2, 0.25) is 0 Å². The number of benzene rings is 2. The highest BCUT2D eigenvalue weighted by molar-refractivity contribution is 5.80. The summed E-state index contributed by atoms with van der Waals surface area (Å²) in [6.07, 6.45) is 10.8. The smallest absolute Gasteiger partial charge is 0.228 e. The van der Waals surface area contributed by atoms with E-state index in [2.05, 4.69) is 31.0 Å². The molecule has 0 atom stereocenters. The van der Waals surface area contributed by atoms with Gasteiger partial charge in [-0.05, 0) is 55.0 Å². The van der Waals surface area contributed by atoms with E-state index < -0.39 is 0 Å². The number of oxazole rings is 2. The van der Waals surface area contributed by atoms with E-state index in [1.807, 2.05) is 86.3 Å². The Hall–Kier alpha value is -5.17. The number of aryl methyl sites for hydroxylation is 1. The minimum Gasteiger partial charge on any atom is -0.436 e. The van der Waals surface area contributed by atoms with Gasteiger partial charge in [0.05, 0.1) is 11.1 Å². The van der Waals surface area contributed by atoms with E-state index in [0.29, 0.717) is 11.8 Å². The Morgan fingerprint density at radius 1 is 0.486 bits per heavy atom. The molecule has 2 aromatic carbocycles. The van der Waals surface area contributed by atoms with Crippen LogP contribution in [0.1, 0.15) is 5.56 Å². The zero-order valence-electron chi connectivity index (χ0n) is 19.8. The molecule has 7 nitrogen and oxygen atoms in total. The molecular weight excluding hydrogens is 462 g/mol. The van der Waals surface area contributed by atoms with Gasteiger partial charge in [0.15, 0.2) is 11.2 Å². The monoisotopic (exact) mass is 481 g/mol. The molecule has 5 heterocycles. The summed E-state index contributed by atoms with van der Waals surface area (Å²) in [5.74, 6) is 1.07. The second kappa shape index (κ2) is 8.49. The van der Waals surface area contributed by atoms with Gasteiger partial charge >= 0.3 is 0 Å². The fourth-order valence-electron chi connectivity index (χ4n) is 4.34. The molecule has 0 aliphatic rings. The topological polar surface area (TPSA) is 90.7 Å². The van der Waals surface area contributed by atoms with Gasteiger partial charge < -0.3 is 8.83 Å². The van der Waals surface area contributed by atoms with E-state index in [-0.39, 0.29) is 0 Å². The Bertz CT molecular complexity index is 1890. The average molecular weight is 482 g/mol. The highest BCUT2D eigenvalue weighted by Crippen LogP contribution is 2.31. The predicted molar refractivity (Wildman–Crippen MR) is 141 cm³/mol. The van der Waals surface area contributed by atoms with Crippen molar-refractivity contribution in [1.29, 1.82) is 0 Å². The van der Waals surface area contributed by atoms with Crippen molar-refractivity contribution in [1.82, 2.24) is 24.9 Å². The molecule has 0 fully saturated rings. The van der Waals surface area contributed by atoms with E-state index in [4.69, 9.17) is 8.83 Å². The van der Waals surface area contributed by atoms with E-state index in [0.717, 1.165) is 61.1 Å².